The molecule has 0 radical (unpaired) electrons. The molecule has 6 rings (SSSR count). The largest absolute Gasteiger partial charge is 0.756 e. The molecule has 14 nitrogen and oxygen atoms in total. The number of nitrogens with zero attached hydrogens (tertiary/aromatic N) is 4. The second kappa shape index (κ2) is 8.27. The van der Waals surface area contributed by atoms with Crippen LogP contribution in [0.4, 0.5) is 5.95 Å². The third kappa shape index (κ3) is 3.96. The SMILES string of the molecule is Nc1nc2c(nc(Sc3ncc(-c4ccccc4)[nH]3)n2[C@@H]2OC3COP(=O)([O-])O[C@H]3C2O)c(=O)[nH]1. The molecule has 5 heterocycles. The number of imidazole rings is 2. The predicted molar refractivity (Wildman–Crippen MR) is 119 cm³/mol. The van der Waals surface area contributed by atoms with Crippen LogP contribution in [0.3, 0.4) is 0 Å². The molecule has 1 aromatic carbocycles. The van der Waals surface area contributed by atoms with E-state index < -0.39 is 37.9 Å². The lowest BCUT2D eigenvalue weighted by Crippen LogP contribution is -2.41. The van der Waals surface area contributed by atoms with Crippen LogP contribution in [0.1, 0.15) is 6.23 Å². The van der Waals surface area contributed by atoms with E-state index in [1.54, 1.807) is 6.20 Å². The molecular weight excluding hydrogens is 501 g/mol. The molecule has 2 aliphatic heterocycles. The normalized spacial score (nSPS) is 28.4. The molecule has 5 atom stereocenters. The van der Waals surface area contributed by atoms with E-state index in [-0.39, 0.29) is 28.9 Å². The number of anilines is 1. The Hall–Kier alpha value is -3.04. The minimum atomic E-state index is -4.58. The maximum Gasteiger partial charge on any atom is 0.280 e. The summed E-state index contributed by atoms with van der Waals surface area (Å²) < 4.78 is 28.7. The highest BCUT2D eigenvalue weighted by Crippen LogP contribution is 2.50. The second-order valence-corrected chi connectivity index (χ2v) is 10.1. The lowest BCUT2D eigenvalue weighted by Gasteiger charge is -2.34. The van der Waals surface area contributed by atoms with Crippen molar-refractivity contribution < 1.29 is 28.3 Å². The van der Waals surface area contributed by atoms with Gasteiger partial charge in [-0.15, -0.1) is 0 Å². The van der Waals surface area contributed by atoms with Crippen molar-refractivity contribution in [1.82, 2.24) is 29.5 Å². The number of phosphoric ester groups is 1. The molecule has 182 valence electrons. The molecule has 2 fully saturated rings. The molecule has 3 unspecified atom stereocenters. The van der Waals surface area contributed by atoms with Gasteiger partial charge in [-0.2, -0.15) is 4.98 Å². The van der Waals surface area contributed by atoms with Gasteiger partial charge in [0.05, 0.1) is 18.5 Å². The molecule has 35 heavy (non-hydrogen) atoms. The topological polar surface area (TPSA) is 206 Å². The van der Waals surface area contributed by atoms with E-state index >= 15 is 0 Å². The Morgan fingerprint density at radius 2 is 2.06 bits per heavy atom. The van der Waals surface area contributed by atoms with E-state index in [4.69, 9.17) is 19.5 Å². The summed E-state index contributed by atoms with van der Waals surface area (Å²) in [6.07, 6.45) is -3.08. The third-order valence-corrected chi connectivity index (χ3v) is 7.41. The molecule has 3 aromatic heterocycles. The number of ether oxygens (including phenoxy) is 1. The Morgan fingerprint density at radius 3 is 2.86 bits per heavy atom. The maximum absolute atomic E-state index is 12.5. The van der Waals surface area contributed by atoms with E-state index in [0.717, 1.165) is 23.0 Å². The quantitative estimate of drug-likeness (QED) is 0.271. The molecule has 0 spiro atoms. The summed E-state index contributed by atoms with van der Waals surface area (Å²) >= 11 is 1.06. The average molecular weight is 518 g/mol. The number of hydrogen-bond acceptors (Lipinski definition) is 12. The highest BCUT2D eigenvalue weighted by molar-refractivity contribution is 7.99. The van der Waals surface area contributed by atoms with E-state index in [2.05, 4.69) is 24.9 Å². The van der Waals surface area contributed by atoms with Gasteiger partial charge < -0.3 is 34.5 Å². The van der Waals surface area contributed by atoms with E-state index in [1.165, 1.54) is 4.57 Å². The number of aromatic nitrogens is 6. The second-order valence-electron chi connectivity index (χ2n) is 7.83. The monoisotopic (exact) mass is 518 g/mol. The number of phosphoric acid groups is 1. The molecule has 0 aliphatic carbocycles. The van der Waals surface area contributed by atoms with Crippen LogP contribution in [-0.4, -0.2) is 59.5 Å². The first-order valence-electron chi connectivity index (χ1n) is 10.3. The Labute approximate surface area is 200 Å². The molecule has 2 aliphatic rings. The van der Waals surface area contributed by atoms with Crippen molar-refractivity contribution in [2.24, 2.45) is 0 Å². The van der Waals surface area contributed by atoms with Gasteiger partial charge in [0.15, 0.2) is 27.7 Å². The number of H-pyrrole nitrogens is 2. The van der Waals surface area contributed by atoms with E-state index in [0.29, 0.717) is 5.16 Å². The number of hydrogen-bond donors (Lipinski definition) is 4. The summed E-state index contributed by atoms with van der Waals surface area (Å²) in [4.78, 5) is 42.8. The lowest BCUT2D eigenvalue weighted by molar-refractivity contribution is -0.245. The lowest BCUT2D eigenvalue weighted by atomic mass is 10.1. The molecule has 2 saturated heterocycles. The van der Waals surface area contributed by atoms with Gasteiger partial charge in [-0.1, -0.05) is 30.3 Å². The first-order chi connectivity index (χ1) is 16.8. The average Bonchev–Trinajstić information content (AvgIpc) is 3.51. The smallest absolute Gasteiger partial charge is 0.280 e. The Kier molecular flexibility index (Phi) is 5.30. The van der Waals surface area contributed by atoms with Gasteiger partial charge in [-0.25, -0.2) is 9.97 Å². The minimum Gasteiger partial charge on any atom is -0.756 e. The summed E-state index contributed by atoms with van der Waals surface area (Å²) in [7, 11) is -4.58. The molecule has 0 amide bonds. The zero-order chi connectivity index (χ0) is 24.3. The fourth-order valence-corrected chi connectivity index (χ4v) is 5.84. The number of aliphatic hydroxyl groups is 1. The van der Waals surface area contributed by atoms with Crippen LogP contribution < -0.4 is 16.2 Å². The standard InChI is InChI=1S/C19H18N7O7PS/c20-17-24-14-11(15(28)25-17)23-19(35-18-21-6-9(22-18)8-4-2-1-3-5-8)26(14)16-12(27)13-10(32-16)7-31-34(29,30)33-13/h1-6,10,12-13,16,27H,7H2,(H,21,22)(H,29,30)(H3,20,24,25,28)/p-1/t10?,12?,13-,16-/m1/s1. The van der Waals surface area contributed by atoms with Crippen molar-refractivity contribution in [3.8, 4) is 11.3 Å². The molecule has 0 bridgehead atoms. The van der Waals surface area contributed by atoms with Crippen molar-refractivity contribution in [2.45, 2.75) is 34.9 Å². The number of fused-ring (bicyclic) bond motifs is 2. The van der Waals surface area contributed by atoms with Crippen LogP contribution in [0.25, 0.3) is 22.4 Å². The molecule has 4 aromatic rings. The summed E-state index contributed by atoms with van der Waals surface area (Å²) in [6.45, 7) is -0.330. The maximum atomic E-state index is 12.5. The zero-order valence-corrected chi connectivity index (χ0v) is 19.3. The van der Waals surface area contributed by atoms with Gasteiger partial charge in [0.1, 0.15) is 18.3 Å². The van der Waals surface area contributed by atoms with Gasteiger partial charge in [0.25, 0.3) is 13.4 Å². The summed E-state index contributed by atoms with van der Waals surface area (Å²) in [5.74, 6) is -0.168. The number of rotatable bonds is 4. The fraction of sp³-hybridized carbons (Fsp3) is 0.263. The molecule has 5 N–H and O–H groups in total. The van der Waals surface area contributed by atoms with E-state index in [9.17, 15) is 19.4 Å². The Morgan fingerprint density at radius 1 is 1.26 bits per heavy atom. The number of benzene rings is 1. The van der Waals surface area contributed by atoms with Crippen LogP contribution in [0.5, 0.6) is 0 Å². The first-order valence-corrected chi connectivity index (χ1v) is 12.6. The van der Waals surface area contributed by atoms with Gasteiger partial charge in [-0.3, -0.25) is 18.9 Å². The highest BCUT2D eigenvalue weighted by atomic mass is 32.2. The van der Waals surface area contributed by atoms with Crippen molar-refractivity contribution in [2.75, 3.05) is 12.3 Å². The molecular formula is C19H17N7O7PS-. The summed E-state index contributed by atoms with van der Waals surface area (Å²) in [5.41, 5.74) is 6.83. The fourth-order valence-electron chi connectivity index (χ4n) is 4.03. The van der Waals surface area contributed by atoms with Gasteiger partial charge >= 0.3 is 0 Å². The Balaban J connectivity index is 1.42. The summed E-state index contributed by atoms with van der Waals surface area (Å²) in [5, 5.41) is 11.6. The van der Waals surface area contributed by atoms with E-state index in [1.807, 2.05) is 30.3 Å². The summed E-state index contributed by atoms with van der Waals surface area (Å²) in [6, 6.07) is 9.54. The van der Waals surface area contributed by atoms with Gasteiger partial charge in [0.2, 0.25) is 5.95 Å². The van der Waals surface area contributed by atoms with Gasteiger partial charge in [0, 0.05) is 0 Å². The number of nitrogens with one attached hydrogen (secondary N) is 2. The van der Waals surface area contributed by atoms with Crippen LogP contribution in [0.15, 0.2) is 51.6 Å². The number of aromatic amines is 2. The zero-order valence-electron chi connectivity index (χ0n) is 17.6. The van der Waals surface area contributed by atoms with Crippen LogP contribution in [0, 0.1) is 0 Å². The van der Waals surface area contributed by atoms with Crippen molar-refractivity contribution in [3.05, 3.63) is 46.9 Å². The Bertz CT molecular complexity index is 1520. The van der Waals surface area contributed by atoms with Crippen molar-refractivity contribution in [3.63, 3.8) is 0 Å². The third-order valence-electron chi connectivity index (χ3n) is 5.57. The van der Waals surface area contributed by atoms with Crippen LogP contribution in [0.2, 0.25) is 0 Å². The number of nitrogen functional groups attached to an aromatic ring is 1. The van der Waals surface area contributed by atoms with Crippen LogP contribution >= 0.6 is 19.6 Å². The van der Waals surface area contributed by atoms with Crippen molar-refractivity contribution >= 4 is 36.7 Å². The van der Waals surface area contributed by atoms with Crippen LogP contribution in [-0.2, 0) is 18.3 Å². The number of nitrogens with two attached hydrogens (primary N) is 1. The molecule has 0 saturated carbocycles. The number of aliphatic hydroxyl groups excluding tert-OH is 1. The molecule has 16 heteroatoms. The minimum absolute atomic E-state index is 0.0394. The highest BCUT2D eigenvalue weighted by Gasteiger charge is 2.51. The predicted octanol–water partition coefficient (Wildman–Crippen LogP) is 0.385. The van der Waals surface area contributed by atoms with Gasteiger partial charge in [-0.05, 0) is 17.3 Å². The van der Waals surface area contributed by atoms with Crippen molar-refractivity contribution in [1.29, 1.82) is 0 Å². The first kappa shape index (κ1) is 22.4.